The second-order valence-electron chi connectivity index (χ2n) is 7.36. The van der Waals surface area contributed by atoms with E-state index in [9.17, 15) is 4.39 Å². The topological polar surface area (TPSA) is 66.9 Å². The van der Waals surface area contributed by atoms with Gasteiger partial charge in [0.05, 0.1) is 19.5 Å². The number of imidazole rings is 1. The molecule has 7 heteroatoms. The third-order valence-corrected chi connectivity index (χ3v) is 3.60. The third-order valence-electron chi connectivity index (χ3n) is 3.60. The van der Waals surface area contributed by atoms with Crippen molar-refractivity contribution < 1.29 is 9.13 Å². The van der Waals surface area contributed by atoms with Crippen LogP contribution in [0.3, 0.4) is 0 Å². The predicted octanol–water partition coefficient (Wildman–Crippen LogP) is 2.72. The number of aromatic nitrogens is 4. The van der Waals surface area contributed by atoms with Gasteiger partial charge in [0.15, 0.2) is 17.0 Å². The van der Waals surface area contributed by atoms with Crippen LogP contribution >= 0.6 is 0 Å². The van der Waals surface area contributed by atoms with Crippen LogP contribution in [0.15, 0.2) is 6.33 Å². The number of rotatable bonds is 3. The summed E-state index contributed by atoms with van der Waals surface area (Å²) in [5, 5.41) is 0. The average Bonchev–Trinajstić information content (AvgIpc) is 3.00. The number of nitrogens with one attached hydrogen (secondary N) is 1. The van der Waals surface area contributed by atoms with Crippen LogP contribution in [0.1, 0.15) is 34.1 Å². The second kappa shape index (κ2) is 5.07. The van der Waals surface area contributed by atoms with Gasteiger partial charge in [-0.1, -0.05) is 20.8 Å². The highest BCUT2D eigenvalue weighted by atomic mass is 19.1. The lowest BCUT2D eigenvalue weighted by molar-refractivity contribution is 0.185. The van der Waals surface area contributed by atoms with E-state index in [2.05, 4.69) is 40.7 Å². The summed E-state index contributed by atoms with van der Waals surface area (Å²) in [7, 11) is 0. The van der Waals surface area contributed by atoms with E-state index in [1.165, 1.54) is 0 Å². The standard InChI is InChI=1S/C15H22FN5O/c1-14(2,3)8-22-13-19-11-10(17-9-18-11)12(20-13)21-6-5-15(4,16)7-21/h9H,5-8H2,1-4H3,(H,17,18,19,20). The predicted molar refractivity (Wildman–Crippen MR) is 83.0 cm³/mol. The zero-order chi connectivity index (χ0) is 16.0. The number of fused-ring (bicyclic) bond motifs is 1. The number of aromatic amines is 1. The molecule has 1 saturated heterocycles. The molecule has 3 rings (SSSR count). The third kappa shape index (κ3) is 3.13. The normalized spacial score (nSPS) is 22.5. The Kier molecular flexibility index (Phi) is 3.45. The number of hydrogen-bond donors (Lipinski definition) is 1. The van der Waals surface area contributed by atoms with Crippen LogP contribution in [-0.4, -0.2) is 45.3 Å². The van der Waals surface area contributed by atoms with Gasteiger partial charge in [0.2, 0.25) is 0 Å². The molecule has 0 spiro atoms. The van der Waals surface area contributed by atoms with Gasteiger partial charge in [-0.3, -0.25) is 0 Å². The van der Waals surface area contributed by atoms with Crippen molar-refractivity contribution in [2.75, 3.05) is 24.6 Å². The molecule has 2 aromatic heterocycles. The first kappa shape index (κ1) is 15.0. The van der Waals surface area contributed by atoms with Crippen LogP contribution in [0.25, 0.3) is 11.2 Å². The molecular formula is C15H22FN5O. The van der Waals surface area contributed by atoms with E-state index < -0.39 is 5.67 Å². The summed E-state index contributed by atoms with van der Waals surface area (Å²) in [5.74, 6) is 0.636. The number of hydrogen-bond acceptors (Lipinski definition) is 5. The Hall–Kier alpha value is -1.92. The molecule has 0 bridgehead atoms. The largest absolute Gasteiger partial charge is 0.463 e. The molecule has 6 nitrogen and oxygen atoms in total. The summed E-state index contributed by atoms with van der Waals surface area (Å²) in [6, 6.07) is 0.300. The molecule has 120 valence electrons. The average molecular weight is 307 g/mol. The first-order chi connectivity index (χ1) is 10.2. The minimum Gasteiger partial charge on any atom is -0.463 e. The van der Waals surface area contributed by atoms with Crippen molar-refractivity contribution >= 4 is 17.0 Å². The lowest BCUT2D eigenvalue weighted by Crippen LogP contribution is -2.27. The summed E-state index contributed by atoms with van der Waals surface area (Å²) in [6.45, 7) is 9.29. The smallest absolute Gasteiger partial charge is 0.320 e. The van der Waals surface area contributed by atoms with Gasteiger partial charge in [-0.25, -0.2) is 9.37 Å². The molecule has 3 heterocycles. The van der Waals surface area contributed by atoms with Crippen molar-refractivity contribution in [3.63, 3.8) is 0 Å². The van der Waals surface area contributed by atoms with Gasteiger partial charge < -0.3 is 14.6 Å². The number of nitrogens with zero attached hydrogens (tertiary/aromatic N) is 4. The van der Waals surface area contributed by atoms with Crippen molar-refractivity contribution in [2.45, 2.75) is 39.8 Å². The van der Waals surface area contributed by atoms with Crippen LogP contribution < -0.4 is 9.64 Å². The summed E-state index contributed by atoms with van der Waals surface area (Å²) in [5.41, 5.74) is 0.0830. The lowest BCUT2D eigenvalue weighted by atomic mass is 9.99. The van der Waals surface area contributed by atoms with Crippen LogP contribution in [0, 0.1) is 5.41 Å². The van der Waals surface area contributed by atoms with Crippen molar-refractivity contribution in [3.05, 3.63) is 6.33 Å². The molecule has 1 fully saturated rings. The van der Waals surface area contributed by atoms with Crippen LogP contribution in [-0.2, 0) is 0 Å². The SMILES string of the molecule is CC(C)(C)COc1nc(N2CCC(C)(F)C2)c2nc[nH]c2n1. The van der Waals surface area contributed by atoms with E-state index in [1.54, 1.807) is 13.3 Å². The summed E-state index contributed by atoms with van der Waals surface area (Å²) in [6.07, 6.45) is 2.06. The molecule has 1 unspecified atom stereocenters. The van der Waals surface area contributed by atoms with Gasteiger partial charge in [0.25, 0.3) is 0 Å². The highest BCUT2D eigenvalue weighted by molar-refractivity contribution is 5.83. The quantitative estimate of drug-likeness (QED) is 0.944. The zero-order valence-electron chi connectivity index (χ0n) is 13.5. The molecule has 0 saturated carbocycles. The maximum absolute atomic E-state index is 14.1. The Labute approximate surface area is 129 Å². The van der Waals surface area contributed by atoms with Crippen molar-refractivity contribution in [1.82, 2.24) is 19.9 Å². The zero-order valence-corrected chi connectivity index (χ0v) is 13.5. The fourth-order valence-corrected chi connectivity index (χ4v) is 2.47. The Balaban J connectivity index is 1.93. The molecular weight excluding hydrogens is 285 g/mol. The van der Waals surface area contributed by atoms with E-state index in [-0.39, 0.29) is 5.41 Å². The molecule has 1 N–H and O–H groups in total. The fourth-order valence-electron chi connectivity index (χ4n) is 2.47. The maximum Gasteiger partial charge on any atom is 0.320 e. The number of ether oxygens (including phenoxy) is 1. The summed E-state index contributed by atoms with van der Waals surface area (Å²) < 4.78 is 19.8. The van der Waals surface area contributed by atoms with Gasteiger partial charge in [-0.2, -0.15) is 9.97 Å². The van der Waals surface area contributed by atoms with Crippen molar-refractivity contribution in [3.8, 4) is 6.01 Å². The molecule has 1 atom stereocenters. The Morgan fingerprint density at radius 2 is 2.18 bits per heavy atom. The van der Waals surface area contributed by atoms with Gasteiger partial charge in [-0.05, 0) is 12.3 Å². The number of alkyl halides is 1. The fraction of sp³-hybridized carbons (Fsp3) is 0.667. The Morgan fingerprint density at radius 1 is 1.41 bits per heavy atom. The first-order valence-corrected chi connectivity index (χ1v) is 7.51. The van der Waals surface area contributed by atoms with Gasteiger partial charge in [-0.15, -0.1) is 0 Å². The molecule has 2 aromatic rings. The van der Waals surface area contributed by atoms with E-state index in [0.717, 1.165) is 0 Å². The molecule has 0 radical (unpaired) electrons. The Bertz CT molecular complexity index is 676. The monoisotopic (exact) mass is 307 g/mol. The minimum absolute atomic E-state index is 0.0115. The van der Waals surface area contributed by atoms with Gasteiger partial charge in [0.1, 0.15) is 5.67 Å². The maximum atomic E-state index is 14.1. The summed E-state index contributed by atoms with van der Waals surface area (Å²) in [4.78, 5) is 18.0. The molecule has 1 aliphatic heterocycles. The minimum atomic E-state index is -1.19. The summed E-state index contributed by atoms with van der Waals surface area (Å²) >= 11 is 0. The van der Waals surface area contributed by atoms with E-state index in [4.69, 9.17) is 4.74 Å². The number of H-pyrrole nitrogens is 1. The molecule has 22 heavy (non-hydrogen) atoms. The molecule has 0 aromatic carbocycles. The number of halogens is 1. The first-order valence-electron chi connectivity index (χ1n) is 7.51. The van der Waals surface area contributed by atoms with E-state index in [1.807, 2.05) is 4.90 Å². The van der Waals surface area contributed by atoms with Crippen molar-refractivity contribution in [2.24, 2.45) is 5.41 Å². The highest BCUT2D eigenvalue weighted by Crippen LogP contribution is 2.32. The van der Waals surface area contributed by atoms with Gasteiger partial charge >= 0.3 is 6.01 Å². The molecule has 0 aliphatic carbocycles. The van der Waals surface area contributed by atoms with Gasteiger partial charge in [0, 0.05) is 13.0 Å². The second-order valence-corrected chi connectivity index (χ2v) is 7.36. The van der Waals surface area contributed by atoms with Crippen LogP contribution in [0.5, 0.6) is 6.01 Å². The highest BCUT2D eigenvalue weighted by Gasteiger charge is 2.35. The Morgan fingerprint density at radius 3 is 2.82 bits per heavy atom. The lowest BCUT2D eigenvalue weighted by Gasteiger charge is -2.21. The van der Waals surface area contributed by atoms with Crippen molar-refractivity contribution in [1.29, 1.82) is 0 Å². The number of anilines is 1. The van der Waals surface area contributed by atoms with Crippen LogP contribution in [0.2, 0.25) is 0 Å². The molecule has 0 amide bonds. The van der Waals surface area contributed by atoms with E-state index >= 15 is 0 Å². The molecule has 1 aliphatic rings. The van der Waals surface area contributed by atoms with Crippen LogP contribution in [0.4, 0.5) is 10.2 Å². The van der Waals surface area contributed by atoms with E-state index in [0.29, 0.717) is 49.1 Å².